The standard InChI is InChI=1S/C17H19NS2/c1-11-9-15(13-7-8-19-17(13)20-11)18-16-10-14(16)12-5-3-2-4-6-12/h2-8,11,14-16,18H,9-10H2,1H3/t11-,14?,15?,16?/m0/s1. The lowest BCUT2D eigenvalue weighted by Gasteiger charge is -2.28. The lowest BCUT2D eigenvalue weighted by Crippen LogP contribution is -2.28. The number of thiophene rings is 1. The van der Waals surface area contributed by atoms with Crippen LogP contribution in [-0.4, -0.2) is 11.3 Å². The Bertz CT molecular complexity index is 592. The summed E-state index contributed by atoms with van der Waals surface area (Å²) < 4.78 is 1.53. The summed E-state index contributed by atoms with van der Waals surface area (Å²) in [7, 11) is 0. The molecule has 0 saturated heterocycles. The van der Waals surface area contributed by atoms with Gasteiger partial charge in [0.1, 0.15) is 0 Å². The molecule has 20 heavy (non-hydrogen) atoms. The molecular formula is C17H19NS2. The van der Waals surface area contributed by atoms with Crippen LogP contribution in [0.25, 0.3) is 0 Å². The minimum absolute atomic E-state index is 0.561. The number of nitrogens with one attached hydrogen (secondary N) is 1. The molecule has 2 aliphatic rings. The summed E-state index contributed by atoms with van der Waals surface area (Å²) in [5.74, 6) is 0.725. The zero-order valence-corrected chi connectivity index (χ0v) is 13.2. The predicted octanol–water partition coefficient (Wildman–Crippen LogP) is 4.82. The second kappa shape index (κ2) is 5.21. The van der Waals surface area contributed by atoms with Crippen molar-refractivity contribution in [3.8, 4) is 0 Å². The van der Waals surface area contributed by atoms with Gasteiger partial charge in [-0.25, -0.2) is 0 Å². The van der Waals surface area contributed by atoms with Gasteiger partial charge in [0.2, 0.25) is 0 Å². The summed E-state index contributed by atoms with van der Waals surface area (Å²) in [6.07, 6.45) is 2.55. The van der Waals surface area contributed by atoms with E-state index in [1.165, 1.54) is 28.2 Å². The normalized spacial score (nSPS) is 31.9. The fraction of sp³-hybridized carbons (Fsp3) is 0.412. The molecule has 3 heteroatoms. The predicted molar refractivity (Wildman–Crippen MR) is 87.7 cm³/mol. The van der Waals surface area contributed by atoms with E-state index < -0.39 is 0 Å². The maximum Gasteiger partial charge on any atom is 0.0649 e. The first-order valence-corrected chi connectivity index (χ1v) is 9.12. The van der Waals surface area contributed by atoms with Gasteiger partial charge < -0.3 is 5.32 Å². The van der Waals surface area contributed by atoms with E-state index in [-0.39, 0.29) is 0 Å². The molecule has 4 atom stereocenters. The summed E-state index contributed by atoms with van der Waals surface area (Å²) in [4.78, 5) is 0. The third-order valence-corrected chi connectivity index (χ3v) is 6.69. The van der Waals surface area contributed by atoms with Crippen LogP contribution in [0.5, 0.6) is 0 Å². The zero-order valence-electron chi connectivity index (χ0n) is 11.6. The van der Waals surface area contributed by atoms with Crippen molar-refractivity contribution in [1.29, 1.82) is 0 Å². The average molecular weight is 301 g/mol. The Morgan fingerprint density at radius 2 is 1.95 bits per heavy atom. The van der Waals surface area contributed by atoms with Gasteiger partial charge in [-0.2, -0.15) is 0 Å². The molecule has 0 bridgehead atoms. The third kappa shape index (κ3) is 2.43. The van der Waals surface area contributed by atoms with E-state index in [0.717, 1.165) is 11.2 Å². The van der Waals surface area contributed by atoms with Crippen molar-refractivity contribution in [2.24, 2.45) is 0 Å². The lowest BCUT2D eigenvalue weighted by atomic mass is 10.0. The smallest absolute Gasteiger partial charge is 0.0649 e. The first kappa shape index (κ1) is 12.9. The molecule has 1 N–H and O–H groups in total. The number of hydrogen-bond acceptors (Lipinski definition) is 3. The minimum atomic E-state index is 0.561. The number of benzene rings is 1. The third-order valence-electron chi connectivity index (χ3n) is 4.34. The van der Waals surface area contributed by atoms with Crippen LogP contribution < -0.4 is 5.32 Å². The summed E-state index contributed by atoms with van der Waals surface area (Å²) >= 11 is 3.95. The van der Waals surface area contributed by atoms with Crippen molar-refractivity contribution in [2.75, 3.05) is 0 Å². The molecule has 1 aliphatic heterocycles. The first-order valence-electron chi connectivity index (χ1n) is 7.36. The molecule has 1 aliphatic carbocycles. The Morgan fingerprint density at radius 3 is 2.80 bits per heavy atom. The van der Waals surface area contributed by atoms with Crippen molar-refractivity contribution < 1.29 is 0 Å². The van der Waals surface area contributed by atoms with Gasteiger partial charge >= 0.3 is 0 Å². The quantitative estimate of drug-likeness (QED) is 0.872. The molecule has 0 radical (unpaired) electrons. The van der Waals surface area contributed by atoms with Crippen LogP contribution in [0.3, 0.4) is 0 Å². The van der Waals surface area contributed by atoms with Gasteiger partial charge in [0.25, 0.3) is 0 Å². The first-order chi connectivity index (χ1) is 9.81. The van der Waals surface area contributed by atoms with Crippen molar-refractivity contribution in [2.45, 2.75) is 47.2 Å². The van der Waals surface area contributed by atoms with E-state index in [9.17, 15) is 0 Å². The molecule has 2 aromatic rings. The number of rotatable bonds is 3. The van der Waals surface area contributed by atoms with Crippen molar-refractivity contribution >= 4 is 23.1 Å². The van der Waals surface area contributed by atoms with Crippen LogP contribution in [0.15, 0.2) is 46.0 Å². The van der Waals surface area contributed by atoms with E-state index >= 15 is 0 Å². The molecule has 1 aromatic heterocycles. The molecule has 104 valence electrons. The Kier molecular flexibility index (Phi) is 3.37. The zero-order chi connectivity index (χ0) is 13.5. The van der Waals surface area contributed by atoms with Crippen LogP contribution in [-0.2, 0) is 0 Å². The topological polar surface area (TPSA) is 12.0 Å². The van der Waals surface area contributed by atoms with Crippen LogP contribution in [0.4, 0.5) is 0 Å². The van der Waals surface area contributed by atoms with Gasteiger partial charge in [-0.3, -0.25) is 0 Å². The van der Waals surface area contributed by atoms with Crippen LogP contribution in [0.1, 0.15) is 42.9 Å². The second-order valence-electron chi connectivity index (χ2n) is 5.91. The van der Waals surface area contributed by atoms with Gasteiger partial charge in [-0.1, -0.05) is 37.3 Å². The number of fused-ring (bicyclic) bond motifs is 1. The molecule has 1 fully saturated rings. The maximum atomic E-state index is 3.91. The van der Waals surface area contributed by atoms with E-state index in [0.29, 0.717) is 12.1 Å². The summed E-state index contributed by atoms with van der Waals surface area (Å²) in [6, 6.07) is 14.5. The van der Waals surface area contributed by atoms with E-state index in [1.807, 2.05) is 23.1 Å². The van der Waals surface area contributed by atoms with Crippen molar-refractivity contribution in [3.05, 3.63) is 52.9 Å². The van der Waals surface area contributed by atoms with Crippen LogP contribution in [0.2, 0.25) is 0 Å². The Labute approximate surface area is 128 Å². The van der Waals surface area contributed by atoms with Crippen LogP contribution >= 0.6 is 23.1 Å². The largest absolute Gasteiger partial charge is 0.306 e. The van der Waals surface area contributed by atoms with Gasteiger partial charge in [0, 0.05) is 23.3 Å². The fourth-order valence-electron chi connectivity index (χ4n) is 3.21. The van der Waals surface area contributed by atoms with Crippen molar-refractivity contribution in [3.63, 3.8) is 0 Å². The molecule has 0 amide bonds. The lowest BCUT2D eigenvalue weighted by molar-refractivity contribution is 0.481. The van der Waals surface area contributed by atoms with Crippen molar-refractivity contribution in [1.82, 2.24) is 5.32 Å². The highest BCUT2D eigenvalue weighted by atomic mass is 32.2. The van der Waals surface area contributed by atoms with E-state index in [1.54, 1.807) is 0 Å². The molecule has 1 saturated carbocycles. The molecule has 4 rings (SSSR count). The van der Waals surface area contributed by atoms with Gasteiger partial charge in [-0.05, 0) is 35.4 Å². The average Bonchev–Trinajstić information content (AvgIpc) is 3.06. The number of thioether (sulfide) groups is 1. The minimum Gasteiger partial charge on any atom is -0.306 e. The number of hydrogen-bond donors (Lipinski definition) is 1. The Morgan fingerprint density at radius 1 is 1.10 bits per heavy atom. The van der Waals surface area contributed by atoms with Gasteiger partial charge in [-0.15, -0.1) is 23.1 Å². The monoisotopic (exact) mass is 301 g/mol. The molecule has 3 unspecified atom stereocenters. The molecule has 1 aromatic carbocycles. The highest BCUT2D eigenvalue weighted by Gasteiger charge is 2.40. The van der Waals surface area contributed by atoms with E-state index in [4.69, 9.17) is 0 Å². The highest BCUT2D eigenvalue weighted by molar-refractivity contribution is 8.01. The Balaban J connectivity index is 1.47. The summed E-state index contributed by atoms with van der Waals surface area (Å²) in [5, 5.41) is 6.88. The molecule has 0 spiro atoms. The summed E-state index contributed by atoms with van der Waals surface area (Å²) in [5.41, 5.74) is 3.03. The Hall–Kier alpha value is -0.770. The second-order valence-corrected chi connectivity index (χ2v) is 8.53. The van der Waals surface area contributed by atoms with Crippen LogP contribution in [0, 0.1) is 0 Å². The van der Waals surface area contributed by atoms with Gasteiger partial charge in [0.05, 0.1) is 4.21 Å². The van der Waals surface area contributed by atoms with Gasteiger partial charge in [0.15, 0.2) is 0 Å². The SMILES string of the molecule is C[C@H]1CC(NC2CC2c2ccccc2)c2ccsc2S1. The maximum absolute atomic E-state index is 3.91. The molecule has 2 heterocycles. The molecular weight excluding hydrogens is 282 g/mol. The molecule has 1 nitrogen and oxygen atoms in total. The van der Waals surface area contributed by atoms with E-state index in [2.05, 4.69) is 54.0 Å². The summed E-state index contributed by atoms with van der Waals surface area (Å²) in [6.45, 7) is 2.35. The fourth-order valence-corrected chi connectivity index (χ4v) is 5.78. The highest BCUT2D eigenvalue weighted by Crippen LogP contribution is 2.47.